The summed E-state index contributed by atoms with van der Waals surface area (Å²) in [6.45, 7) is 3.70. The SMILES string of the molecule is Cc1cnc(C(C)NC(=O)c2cccc(C#CCO)c2)s1. The van der Waals surface area contributed by atoms with Crippen LogP contribution in [0.15, 0.2) is 30.5 Å². The molecule has 0 saturated carbocycles. The fourth-order valence-electron chi connectivity index (χ4n) is 1.79. The molecule has 108 valence electrons. The number of carbonyl (C=O) groups is 1. The molecule has 1 atom stereocenters. The first kappa shape index (κ1) is 15.2. The van der Waals surface area contributed by atoms with Gasteiger partial charge in [0.2, 0.25) is 0 Å². The lowest BCUT2D eigenvalue weighted by atomic mass is 10.1. The van der Waals surface area contributed by atoms with E-state index in [4.69, 9.17) is 5.11 Å². The molecule has 1 aromatic carbocycles. The van der Waals surface area contributed by atoms with Crippen LogP contribution >= 0.6 is 11.3 Å². The van der Waals surface area contributed by atoms with Gasteiger partial charge in [0.1, 0.15) is 11.6 Å². The summed E-state index contributed by atoms with van der Waals surface area (Å²) in [5.74, 6) is 5.19. The van der Waals surface area contributed by atoms with Crippen LogP contribution in [0.4, 0.5) is 0 Å². The summed E-state index contributed by atoms with van der Waals surface area (Å²) < 4.78 is 0. The minimum atomic E-state index is -0.198. The van der Waals surface area contributed by atoms with Gasteiger partial charge in [-0.15, -0.1) is 11.3 Å². The second kappa shape index (κ2) is 7.02. The second-order valence-electron chi connectivity index (χ2n) is 4.54. The number of nitrogens with zero attached hydrogens (tertiary/aromatic N) is 1. The van der Waals surface area contributed by atoms with Crippen molar-refractivity contribution in [2.24, 2.45) is 0 Å². The standard InChI is InChI=1S/C16H16N2O2S/c1-11-10-17-16(21-11)12(2)18-15(20)14-7-3-5-13(9-14)6-4-8-19/h3,5,7,9-10,12,19H,8H2,1-2H3,(H,18,20). The Morgan fingerprint density at radius 1 is 1.52 bits per heavy atom. The van der Waals surface area contributed by atoms with Crippen molar-refractivity contribution in [3.05, 3.63) is 51.5 Å². The van der Waals surface area contributed by atoms with Crippen molar-refractivity contribution in [2.75, 3.05) is 6.61 Å². The molecule has 1 aromatic heterocycles. The van der Waals surface area contributed by atoms with Gasteiger partial charge in [0.25, 0.3) is 5.91 Å². The highest BCUT2D eigenvalue weighted by atomic mass is 32.1. The van der Waals surface area contributed by atoms with E-state index in [0.29, 0.717) is 11.1 Å². The van der Waals surface area contributed by atoms with Gasteiger partial charge in [-0.3, -0.25) is 4.79 Å². The fourth-order valence-corrected chi connectivity index (χ4v) is 2.57. The number of amides is 1. The van der Waals surface area contributed by atoms with Crippen LogP contribution < -0.4 is 5.32 Å². The van der Waals surface area contributed by atoms with E-state index in [1.165, 1.54) is 0 Å². The molecule has 5 heteroatoms. The minimum absolute atomic E-state index is 0.136. The van der Waals surface area contributed by atoms with Crippen molar-refractivity contribution in [1.29, 1.82) is 0 Å². The van der Waals surface area contributed by atoms with Gasteiger partial charge in [0.05, 0.1) is 6.04 Å². The lowest BCUT2D eigenvalue weighted by Gasteiger charge is -2.11. The Bertz CT molecular complexity index is 698. The summed E-state index contributed by atoms with van der Waals surface area (Å²) in [6.07, 6.45) is 1.80. The van der Waals surface area contributed by atoms with Crippen LogP contribution in [-0.4, -0.2) is 22.6 Å². The van der Waals surface area contributed by atoms with Crippen LogP contribution in [0, 0.1) is 18.8 Å². The molecule has 0 radical (unpaired) electrons. The Balaban J connectivity index is 2.09. The predicted octanol–water partition coefficient (Wildman–Crippen LogP) is 2.29. The molecular formula is C16H16N2O2S. The van der Waals surface area contributed by atoms with Crippen LogP contribution in [-0.2, 0) is 0 Å². The molecule has 2 N–H and O–H groups in total. The number of aryl methyl sites for hydroxylation is 1. The quantitative estimate of drug-likeness (QED) is 0.855. The van der Waals surface area contributed by atoms with Crippen LogP contribution in [0.5, 0.6) is 0 Å². The van der Waals surface area contributed by atoms with Gasteiger partial charge in [-0.05, 0) is 32.0 Å². The number of nitrogens with one attached hydrogen (secondary N) is 1. The van der Waals surface area contributed by atoms with Crippen molar-refractivity contribution in [3.8, 4) is 11.8 Å². The van der Waals surface area contributed by atoms with Crippen LogP contribution in [0.3, 0.4) is 0 Å². The average molecular weight is 300 g/mol. The maximum absolute atomic E-state index is 12.2. The van der Waals surface area contributed by atoms with Gasteiger partial charge < -0.3 is 10.4 Å². The highest BCUT2D eigenvalue weighted by molar-refractivity contribution is 7.11. The summed E-state index contributed by atoms with van der Waals surface area (Å²) in [6, 6.07) is 6.88. The Morgan fingerprint density at radius 2 is 2.33 bits per heavy atom. The van der Waals surface area contributed by atoms with Gasteiger partial charge >= 0.3 is 0 Å². The molecule has 1 amide bonds. The zero-order valence-electron chi connectivity index (χ0n) is 11.9. The Labute approximate surface area is 127 Å². The Kier molecular flexibility index (Phi) is 5.09. The largest absolute Gasteiger partial charge is 0.384 e. The number of benzene rings is 1. The molecule has 0 spiro atoms. The number of carbonyl (C=O) groups excluding carboxylic acids is 1. The number of aromatic nitrogens is 1. The third-order valence-corrected chi connectivity index (χ3v) is 3.89. The summed E-state index contributed by atoms with van der Waals surface area (Å²) >= 11 is 1.57. The monoisotopic (exact) mass is 300 g/mol. The van der Waals surface area contributed by atoms with E-state index in [2.05, 4.69) is 22.1 Å². The molecular weight excluding hydrogens is 284 g/mol. The number of rotatable bonds is 3. The van der Waals surface area contributed by atoms with E-state index in [0.717, 1.165) is 9.88 Å². The second-order valence-corrected chi connectivity index (χ2v) is 5.81. The number of aliphatic hydroxyl groups excluding tert-OH is 1. The van der Waals surface area contributed by atoms with Crippen molar-refractivity contribution < 1.29 is 9.90 Å². The molecule has 2 aromatic rings. The molecule has 0 saturated heterocycles. The Hall–Kier alpha value is -2.16. The first-order valence-electron chi connectivity index (χ1n) is 6.53. The highest BCUT2D eigenvalue weighted by Gasteiger charge is 2.14. The predicted molar refractivity (Wildman–Crippen MR) is 83.1 cm³/mol. The summed E-state index contributed by atoms with van der Waals surface area (Å²) in [5.41, 5.74) is 1.24. The van der Waals surface area contributed by atoms with Gasteiger partial charge in [-0.1, -0.05) is 17.9 Å². The van der Waals surface area contributed by atoms with E-state index >= 15 is 0 Å². The summed E-state index contributed by atoms with van der Waals surface area (Å²) in [4.78, 5) is 17.6. The van der Waals surface area contributed by atoms with E-state index in [1.54, 1.807) is 41.8 Å². The maximum Gasteiger partial charge on any atom is 0.251 e. The molecule has 2 rings (SSSR count). The van der Waals surface area contributed by atoms with Gasteiger partial charge in [-0.25, -0.2) is 4.98 Å². The molecule has 1 heterocycles. The molecule has 1 unspecified atom stereocenters. The first-order valence-corrected chi connectivity index (χ1v) is 7.35. The molecule has 0 bridgehead atoms. The van der Waals surface area contributed by atoms with Gasteiger partial charge in [0.15, 0.2) is 0 Å². The zero-order chi connectivity index (χ0) is 15.2. The smallest absolute Gasteiger partial charge is 0.251 e. The van der Waals surface area contributed by atoms with Crippen LogP contribution in [0.2, 0.25) is 0 Å². The molecule has 0 aliphatic carbocycles. The third kappa shape index (κ3) is 4.15. The number of hydrogen-bond acceptors (Lipinski definition) is 4. The van der Waals surface area contributed by atoms with E-state index < -0.39 is 0 Å². The van der Waals surface area contributed by atoms with Crippen LogP contribution in [0.25, 0.3) is 0 Å². The lowest BCUT2D eigenvalue weighted by molar-refractivity contribution is 0.0940. The lowest BCUT2D eigenvalue weighted by Crippen LogP contribution is -2.26. The molecule has 4 nitrogen and oxygen atoms in total. The number of hydrogen-bond donors (Lipinski definition) is 2. The number of thiazole rings is 1. The zero-order valence-corrected chi connectivity index (χ0v) is 12.7. The molecule has 21 heavy (non-hydrogen) atoms. The molecule has 0 aliphatic rings. The average Bonchev–Trinajstić information content (AvgIpc) is 2.92. The van der Waals surface area contributed by atoms with Crippen molar-refractivity contribution in [2.45, 2.75) is 19.9 Å². The van der Waals surface area contributed by atoms with Crippen LogP contribution in [0.1, 0.15) is 38.8 Å². The third-order valence-electron chi connectivity index (χ3n) is 2.79. The Morgan fingerprint density at radius 3 is 3.00 bits per heavy atom. The summed E-state index contributed by atoms with van der Waals surface area (Å²) in [7, 11) is 0. The fraction of sp³-hybridized carbons (Fsp3) is 0.250. The number of aliphatic hydroxyl groups is 1. The molecule has 0 fully saturated rings. The van der Waals surface area contributed by atoms with E-state index in [9.17, 15) is 4.79 Å². The minimum Gasteiger partial charge on any atom is -0.384 e. The maximum atomic E-state index is 12.2. The van der Waals surface area contributed by atoms with Crippen molar-refractivity contribution >= 4 is 17.2 Å². The molecule has 0 aliphatic heterocycles. The van der Waals surface area contributed by atoms with E-state index in [1.807, 2.05) is 13.8 Å². The van der Waals surface area contributed by atoms with Gasteiger partial charge in [-0.2, -0.15) is 0 Å². The van der Waals surface area contributed by atoms with Crippen molar-refractivity contribution in [1.82, 2.24) is 10.3 Å². The van der Waals surface area contributed by atoms with E-state index in [-0.39, 0.29) is 18.6 Å². The highest BCUT2D eigenvalue weighted by Crippen LogP contribution is 2.19. The summed E-state index contributed by atoms with van der Waals surface area (Å²) in [5, 5.41) is 12.5. The van der Waals surface area contributed by atoms with Gasteiger partial charge in [0, 0.05) is 22.2 Å². The van der Waals surface area contributed by atoms with Crippen molar-refractivity contribution in [3.63, 3.8) is 0 Å². The topological polar surface area (TPSA) is 62.2 Å². The first-order chi connectivity index (χ1) is 10.1. The normalized spacial score (nSPS) is 11.4.